The lowest BCUT2D eigenvalue weighted by Crippen LogP contribution is -2.40. The van der Waals surface area contributed by atoms with Crippen LogP contribution in [0.4, 0.5) is 13.2 Å². The van der Waals surface area contributed by atoms with E-state index in [-0.39, 0.29) is 30.5 Å². The number of carbonyl (C=O) groups excluding carboxylic acids is 2. The quantitative estimate of drug-likeness (QED) is 0.176. The van der Waals surface area contributed by atoms with Crippen molar-refractivity contribution >= 4 is 35.3 Å². The molecule has 0 amide bonds. The summed E-state index contributed by atoms with van der Waals surface area (Å²) in [6.45, 7) is 14.3. The zero-order valence-corrected chi connectivity index (χ0v) is 26.6. The van der Waals surface area contributed by atoms with Crippen molar-refractivity contribution in [3.63, 3.8) is 0 Å². The number of rotatable bonds is 12. The molecule has 0 fully saturated rings. The summed E-state index contributed by atoms with van der Waals surface area (Å²) in [4.78, 5) is 27.4. The molecule has 9 heteroatoms. The van der Waals surface area contributed by atoms with Crippen molar-refractivity contribution in [1.82, 2.24) is 0 Å². The van der Waals surface area contributed by atoms with Gasteiger partial charge in [-0.2, -0.15) is 13.2 Å². The molecule has 0 spiro atoms. The summed E-state index contributed by atoms with van der Waals surface area (Å²) in [6.07, 6.45) is -1.91. The number of halogens is 4. The maximum absolute atomic E-state index is 13.1. The number of benzene rings is 2. The SMILES string of the molecule is CC(C)(C)CCOC(=O)C(C)(CCCc1ccc(Sc2cccc(C(F)(F)F)c2)cc1Cl)C(=O)OCCC(C)(C)C. The average molecular weight is 615 g/mol. The summed E-state index contributed by atoms with van der Waals surface area (Å²) in [5.41, 5.74) is -1.40. The summed E-state index contributed by atoms with van der Waals surface area (Å²) < 4.78 is 50.2. The lowest BCUT2D eigenvalue weighted by atomic mass is 9.84. The summed E-state index contributed by atoms with van der Waals surface area (Å²) in [5, 5.41) is 0.462. The van der Waals surface area contributed by atoms with Gasteiger partial charge in [0.05, 0.1) is 18.8 Å². The van der Waals surface area contributed by atoms with Gasteiger partial charge in [0.15, 0.2) is 5.41 Å². The first kappa shape index (κ1) is 35.0. The summed E-state index contributed by atoms with van der Waals surface area (Å²) in [5.74, 6) is -1.19. The second-order valence-corrected chi connectivity index (χ2v) is 14.5. The Morgan fingerprint density at radius 2 is 1.32 bits per heavy atom. The highest BCUT2D eigenvalue weighted by molar-refractivity contribution is 7.99. The maximum Gasteiger partial charge on any atom is 0.416 e. The fraction of sp³-hybridized carbons (Fsp3) is 0.562. The molecule has 0 N–H and O–H groups in total. The number of aryl methyl sites for hydroxylation is 1. The Hall–Kier alpha value is -2.19. The van der Waals surface area contributed by atoms with E-state index in [1.54, 1.807) is 25.1 Å². The van der Waals surface area contributed by atoms with Crippen LogP contribution in [0.3, 0.4) is 0 Å². The summed E-state index contributed by atoms with van der Waals surface area (Å²) in [6, 6.07) is 10.5. The molecular weight excluding hydrogens is 573 g/mol. The minimum Gasteiger partial charge on any atom is -0.465 e. The van der Waals surface area contributed by atoms with Gasteiger partial charge in [-0.25, -0.2) is 0 Å². The first-order chi connectivity index (χ1) is 18.8. The Balaban J connectivity index is 2.08. The molecule has 0 aromatic heterocycles. The predicted molar refractivity (Wildman–Crippen MR) is 158 cm³/mol. The zero-order chi connectivity index (χ0) is 31.1. The molecule has 228 valence electrons. The number of hydrogen-bond donors (Lipinski definition) is 0. The molecule has 0 heterocycles. The first-order valence-electron chi connectivity index (χ1n) is 13.8. The van der Waals surface area contributed by atoms with E-state index in [2.05, 4.69) is 0 Å². The van der Waals surface area contributed by atoms with Crippen LogP contribution in [0.15, 0.2) is 52.3 Å². The second kappa shape index (κ2) is 14.3. The minimum absolute atomic E-state index is 0.0216. The fourth-order valence-corrected chi connectivity index (χ4v) is 5.06. The molecule has 0 atom stereocenters. The molecule has 0 aliphatic heterocycles. The van der Waals surface area contributed by atoms with Crippen molar-refractivity contribution in [2.24, 2.45) is 16.2 Å². The highest BCUT2D eigenvalue weighted by Crippen LogP contribution is 2.36. The van der Waals surface area contributed by atoms with Gasteiger partial charge in [-0.05, 0) is 85.8 Å². The van der Waals surface area contributed by atoms with Gasteiger partial charge in [0.2, 0.25) is 0 Å². The van der Waals surface area contributed by atoms with Crippen LogP contribution >= 0.6 is 23.4 Å². The molecular formula is C32H42ClF3O4S. The van der Waals surface area contributed by atoms with Crippen LogP contribution < -0.4 is 0 Å². The Morgan fingerprint density at radius 3 is 1.80 bits per heavy atom. The van der Waals surface area contributed by atoms with E-state index in [1.807, 2.05) is 47.6 Å². The molecule has 2 rings (SSSR count). The average Bonchev–Trinajstić information content (AvgIpc) is 2.83. The Bertz CT molecular complexity index is 1150. The first-order valence-corrected chi connectivity index (χ1v) is 15.0. The number of hydrogen-bond acceptors (Lipinski definition) is 5. The smallest absolute Gasteiger partial charge is 0.416 e. The third-order valence-corrected chi connectivity index (χ3v) is 7.95. The summed E-state index contributed by atoms with van der Waals surface area (Å²) >= 11 is 7.71. The third-order valence-electron chi connectivity index (χ3n) is 6.62. The van der Waals surface area contributed by atoms with E-state index in [0.29, 0.717) is 40.5 Å². The highest BCUT2D eigenvalue weighted by atomic mass is 35.5. The largest absolute Gasteiger partial charge is 0.465 e. The maximum atomic E-state index is 13.1. The Kier molecular flexibility index (Phi) is 12.2. The van der Waals surface area contributed by atoms with Gasteiger partial charge in [0.25, 0.3) is 0 Å². The molecule has 0 saturated carbocycles. The van der Waals surface area contributed by atoms with Gasteiger partial charge < -0.3 is 9.47 Å². The van der Waals surface area contributed by atoms with Crippen LogP contribution in [0.25, 0.3) is 0 Å². The second-order valence-electron chi connectivity index (χ2n) is 13.0. The normalized spacial score (nSPS) is 12.8. The van der Waals surface area contributed by atoms with E-state index in [9.17, 15) is 22.8 Å². The van der Waals surface area contributed by atoms with Crippen molar-refractivity contribution in [2.45, 2.75) is 96.5 Å². The third kappa shape index (κ3) is 11.9. The van der Waals surface area contributed by atoms with E-state index >= 15 is 0 Å². The topological polar surface area (TPSA) is 52.6 Å². The lowest BCUT2D eigenvalue weighted by molar-refractivity contribution is -0.172. The molecule has 0 radical (unpaired) electrons. The molecule has 0 aliphatic carbocycles. The molecule has 0 unspecified atom stereocenters. The number of carbonyl (C=O) groups is 2. The van der Waals surface area contributed by atoms with Crippen molar-refractivity contribution in [3.05, 3.63) is 58.6 Å². The molecule has 4 nitrogen and oxygen atoms in total. The van der Waals surface area contributed by atoms with Gasteiger partial charge in [-0.3, -0.25) is 9.59 Å². The van der Waals surface area contributed by atoms with Crippen LogP contribution in [0.1, 0.15) is 85.3 Å². The Labute approximate surface area is 251 Å². The highest BCUT2D eigenvalue weighted by Gasteiger charge is 2.44. The van der Waals surface area contributed by atoms with E-state index in [4.69, 9.17) is 21.1 Å². The van der Waals surface area contributed by atoms with Crippen LogP contribution in [0.2, 0.25) is 5.02 Å². The number of esters is 2. The van der Waals surface area contributed by atoms with Crippen molar-refractivity contribution in [3.8, 4) is 0 Å². The van der Waals surface area contributed by atoms with Gasteiger partial charge in [-0.15, -0.1) is 0 Å². The molecule has 41 heavy (non-hydrogen) atoms. The molecule has 0 bridgehead atoms. The summed E-state index contributed by atoms with van der Waals surface area (Å²) in [7, 11) is 0. The minimum atomic E-state index is -4.41. The number of alkyl halides is 3. The lowest BCUT2D eigenvalue weighted by Gasteiger charge is -2.27. The molecule has 2 aromatic rings. The van der Waals surface area contributed by atoms with Crippen LogP contribution in [0, 0.1) is 16.2 Å². The van der Waals surface area contributed by atoms with Crippen LogP contribution in [-0.4, -0.2) is 25.2 Å². The van der Waals surface area contributed by atoms with E-state index in [0.717, 1.165) is 17.7 Å². The van der Waals surface area contributed by atoms with Gasteiger partial charge in [-0.1, -0.05) is 77.0 Å². The van der Waals surface area contributed by atoms with Gasteiger partial charge >= 0.3 is 18.1 Å². The van der Waals surface area contributed by atoms with Crippen molar-refractivity contribution in [1.29, 1.82) is 0 Å². The standard InChI is InChI=1S/C32H42ClF3O4S/c1-29(2,3)16-18-39-27(37)31(7,28(38)40-19-17-30(4,5)6)15-9-10-22-13-14-25(21-26(22)33)41-24-12-8-11-23(20-24)32(34,35)36/h8,11-14,20-21H,9-10,15-19H2,1-7H3. The van der Waals surface area contributed by atoms with Crippen molar-refractivity contribution in [2.75, 3.05) is 13.2 Å². The zero-order valence-electron chi connectivity index (χ0n) is 25.0. The van der Waals surface area contributed by atoms with Gasteiger partial charge in [0, 0.05) is 14.8 Å². The van der Waals surface area contributed by atoms with E-state index in [1.165, 1.54) is 17.8 Å². The van der Waals surface area contributed by atoms with Crippen molar-refractivity contribution < 1.29 is 32.2 Å². The van der Waals surface area contributed by atoms with Gasteiger partial charge in [0.1, 0.15) is 0 Å². The Morgan fingerprint density at radius 1 is 0.780 bits per heavy atom. The van der Waals surface area contributed by atoms with Crippen LogP contribution in [-0.2, 0) is 31.7 Å². The van der Waals surface area contributed by atoms with Crippen LogP contribution in [0.5, 0.6) is 0 Å². The molecule has 2 aromatic carbocycles. The van der Waals surface area contributed by atoms with E-state index < -0.39 is 29.1 Å². The fourth-order valence-electron chi connectivity index (χ4n) is 3.80. The monoisotopic (exact) mass is 614 g/mol. The molecule has 0 saturated heterocycles. The molecule has 0 aliphatic rings. The number of ether oxygens (including phenoxy) is 2. The predicted octanol–water partition coefficient (Wildman–Crippen LogP) is 9.80.